The minimum atomic E-state index is -0.00388. The largest absolute Gasteiger partial charge is 0.481 e. The van der Waals surface area contributed by atoms with E-state index >= 15 is 0 Å². The Kier molecular flexibility index (Phi) is 4.26. The summed E-state index contributed by atoms with van der Waals surface area (Å²) in [6.07, 6.45) is -0.00388. The number of benzene rings is 1. The highest BCUT2D eigenvalue weighted by atomic mass is 32.2. The molecule has 6 heteroatoms. The number of hydrogen-bond acceptors (Lipinski definition) is 6. The Labute approximate surface area is 126 Å². The van der Waals surface area contributed by atoms with Gasteiger partial charge in [0.05, 0.1) is 12.3 Å². The number of nitrogens with zero attached hydrogens (tertiary/aromatic N) is 1. The van der Waals surface area contributed by atoms with E-state index in [1.165, 1.54) is 4.90 Å². The molecule has 2 N–H and O–H groups in total. The molecule has 1 aromatic carbocycles. The maximum atomic E-state index is 6.05. The summed E-state index contributed by atoms with van der Waals surface area (Å²) >= 11 is 3.43. The molecule has 2 aromatic rings. The number of fused-ring (bicyclic) bond motifs is 1. The molecule has 106 valence electrons. The molecule has 3 rings (SSSR count). The number of para-hydroxylation sites is 1. The molecule has 2 heterocycles. The zero-order valence-corrected chi connectivity index (χ0v) is 12.8. The van der Waals surface area contributed by atoms with Crippen molar-refractivity contribution in [3.05, 3.63) is 39.8 Å². The predicted molar refractivity (Wildman–Crippen MR) is 81.3 cm³/mol. The number of methoxy groups -OCH3 is 1. The number of thioether (sulfide) groups is 1. The Morgan fingerprint density at radius 3 is 3.10 bits per heavy atom. The third-order valence-corrected chi connectivity index (χ3v) is 5.37. The monoisotopic (exact) mass is 308 g/mol. The van der Waals surface area contributed by atoms with Crippen molar-refractivity contribution < 1.29 is 9.47 Å². The highest BCUT2D eigenvalue weighted by Crippen LogP contribution is 2.41. The van der Waals surface area contributed by atoms with Crippen molar-refractivity contribution in [2.75, 3.05) is 12.9 Å². The molecule has 0 saturated carbocycles. The van der Waals surface area contributed by atoms with Gasteiger partial charge in [-0.1, -0.05) is 12.1 Å². The SMILES string of the molecule is COCc1nc(C2CSc3ccccc3O2)sc1CN. The molecule has 0 saturated heterocycles. The molecule has 0 aliphatic carbocycles. The molecule has 1 atom stereocenters. The van der Waals surface area contributed by atoms with Gasteiger partial charge >= 0.3 is 0 Å². The van der Waals surface area contributed by atoms with E-state index in [-0.39, 0.29) is 6.10 Å². The van der Waals surface area contributed by atoms with Crippen LogP contribution >= 0.6 is 23.1 Å². The van der Waals surface area contributed by atoms with Gasteiger partial charge in [0, 0.05) is 29.2 Å². The Hall–Kier alpha value is -1.08. The van der Waals surface area contributed by atoms with Crippen molar-refractivity contribution in [1.29, 1.82) is 0 Å². The van der Waals surface area contributed by atoms with E-state index in [9.17, 15) is 0 Å². The van der Waals surface area contributed by atoms with Gasteiger partial charge < -0.3 is 15.2 Å². The molecule has 1 aliphatic heterocycles. The first-order valence-electron chi connectivity index (χ1n) is 6.37. The third kappa shape index (κ3) is 2.69. The first-order valence-corrected chi connectivity index (χ1v) is 8.18. The van der Waals surface area contributed by atoms with Crippen LogP contribution in [0.4, 0.5) is 0 Å². The van der Waals surface area contributed by atoms with Crippen LogP contribution in [0.2, 0.25) is 0 Å². The standard InChI is InChI=1S/C14H16N2O2S2/c1-17-7-9-13(6-15)20-14(16-9)11-8-19-12-5-3-2-4-10(12)18-11/h2-5,11H,6-8,15H2,1H3. The summed E-state index contributed by atoms with van der Waals surface area (Å²) in [6.45, 7) is 0.992. The maximum Gasteiger partial charge on any atom is 0.159 e. The van der Waals surface area contributed by atoms with Crippen LogP contribution < -0.4 is 10.5 Å². The van der Waals surface area contributed by atoms with Gasteiger partial charge in [0.2, 0.25) is 0 Å². The zero-order chi connectivity index (χ0) is 13.9. The smallest absolute Gasteiger partial charge is 0.159 e. The van der Waals surface area contributed by atoms with Crippen LogP contribution in [-0.4, -0.2) is 17.8 Å². The second-order valence-electron chi connectivity index (χ2n) is 4.42. The van der Waals surface area contributed by atoms with Gasteiger partial charge in [-0.25, -0.2) is 4.98 Å². The van der Waals surface area contributed by atoms with E-state index in [2.05, 4.69) is 11.1 Å². The lowest BCUT2D eigenvalue weighted by atomic mass is 10.3. The van der Waals surface area contributed by atoms with Crippen molar-refractivity contribution >= 4 is 23.1 Å². The van der Waals surface area contributed by atoms with Crippen LogP contribution in [0.5, 0.6) is 5.75 Å². The number of ether oxygens (including phenoxy) is 2. The third-order valence-electron chi connectivity index (χ3n) is 3.05. The van der Waals surface area contributed by atoms with Gasteiger partial charge in [-0.2, -0.15) is 0 Å². The van der Waals surface area contributed by atoms with Gasteiger partial charge in [-0.3, -0.25) is 0 Å². The van der Waals surface area contributed by atoms with Crippen molar-refractivity contribution in [2.45, 2.75) is 24.2 Å². The van der Waals surface area contributed by atoms with E-state index in [0.717, 1.165) is 27.1 Å². The van der Waals surface area contributed by atoms with E-state index in [1.54, 1.807) is 30.2 Å². The first kappa shape index (κ1) is 13.9. The highest BCUT2D eigenvalue weighted by molar-refractivity contribution is 7.99. The molecule has 0 radical (unpaired) electrons. The average molecular weight is 308 g/mol. The molecule has 0 spiro atoms. The molecule has 1 aromatic heterocycles. The number of nitrogens with two attached hydrogens (primary N) is 1. The van der Waals surface area contributed by atoms with Crippen molar-refractivity contribution in [1.82, 2.24) is 4.98 Å². The second kappa shape index (κ2) is 6.13. The quantitative estimate of drug-likeness (QED) is 0.941. The summed E-state index contributed by atoms with van der Waals surface area (Å²) in [5, 5.41) is 0.986. The van der Waals surface area contributed by atoms with Gasteiger partial charge in [-0.05, 0) is 12.1 Å². The Morgan fingerprint density at radius 2 is 2.30 bits per heavy atom. The van der Waals surface area contributed by atoms with Crippen LogP contribution in [0.25, 0.3) is 0 Å². The number of hydrogen-bond donors (Lipinski definition) is 1. The van der Waals surface area contributed by atoms with Crippen LogP contribution in [0.3, 0.4) is 0 Å². The second-order valence-corrected chi connectivity index (χ2v) is 6.60. The lowest BCUT2D eigenvalue weighted by Crippen LogP contribution is -2.14. The minimum absolute atomic E-state index is 0.00388. The predicted octanol–water partition coefficient (Wildman–Crippen LogP) is 2.97. The van der Waals surface area contributed by atoms with Gasteiger partial charge in [0.15, 0.2) is 6.10 Å². The number of rotatable bonds is 4. The Bertz CT molecular complexity index is 601. The maximum absolute atomic E-state index is 6.05. The van der Waals surface area contributed by atoms with E-state index in [0.29, 0.717) is 13.2 Å². The number of thiazole rings is 1. The minimum Gasteiger partial charge on any atom is -0.481 e. The number of aromatic nitrogens is 1. The molecule has 0 fully saturated rings. The first-order chi connectivity index (χ1) is 9.81. The summed E-state index contributed by atoms with van der Waals surface area (Å²) in [7, 11) is 1.67. The lowest BCUT2D eigenvalue weighted by Gasteiger charge is -2.23. The summed E-state index contributed by atoms with van der Waals surface area (Å²) in [6, 6.07) is 8.11. The molecular weight excluding hydrogens is 292 g/mol. The summed E-state index contributed by atoms with van der Waals surface area (Å²) in [5.74, 6) is 1.81. The Balaban J connectivity index is 1.84. The molecule has 20 heavy (non-hydrogen) atoms. The fraction of sp³-hybridized carbons (Fsp3) is 0.357. The van der Waals surface area contributed by atoms with Crippen LogP contribution in [0, 0.1) is 0 Å². The molecule has 0 amide bonds. The summed E-state index contributed by atoms with van der Waals surface area (Å²) in [4.78, 5) is 6.91. The van der Waals surface area contributed by atoms with Crippen molar-refractivity contribution in [3.63, 3.8) is 0 Å². The van der Waals surface area contributed by atoms with Crippen molar-refractivity contribution in [3.8, 4) is 5.75 Å². The van der Waals surface area contributed by atoms with Crippen LogP contribution in [0.15, 0.2) is 29.2 Å². The van der Waals surface area contributed by atoms with Crippen LogP contribution in [0.1, 0.15) is 21.7 Å². The average Bonchev–Trinajstić information content (AvgIpc) is 2.90. The fourth-order valence-electron chi connectivity index (χ4n) is 2.09. The Morgan fingerprint density at radius 1 is 1.45 bits per heavy atom. The molecule has 1 aliphatic rings. The van der Waals surface area contributed by atoms with Gasteiger partial charge in [-0.15, -0.1) is 23.1 Å². The topological polar surface area (TPSA) is 57.4 Å². The fourth-order valence-corrected chi connectivity index (χ4v) is 4.16. The van der Waals surface area contributed by atoms with Crippen LogP contribution in [-0.2, 0) is 17.9 Å². The molecule has 4 nitrogen and oxygen atoms in total. The summed E-state index contributed by atoms with van der Waals surface area (Å²) in [5.41, 5.74) is 6.70. The van der Waals surface area contributed by atoms with Gasteiger partial charge in [0.25, 0.3) is 0 Å². The van der Waals surface area contributed by atoms with E-state index < -0.39 is 0 Å². The van der Waals surface area contributed by atoms with Gasteiger partial charge in [0.1, 0.15) is 10.8 Å². The van der Waals surface area contributed by atoms with Crippen molar-refractivity contribution in [2.24, 2.45) is 5.73 Å². The molecule has 1 unspecified atom stereocenters. The molecular formula is C14H16N2O2S2. The van der Waals surface area contributed by atoms with E-state index in [1.807, 2.05) is 18.2 Å². The highest BCUT2D eigenvalue weighted by Gasteiger charge is 2.25. The zero-order valence-electron chi connectivity index (χ0n) is 11.2. The lowest BCUT2D eigenvalue weighted by molar-refractivity contribution is 0.180. The normalized spacial score (nSPS) is 17.6. The molecule has 0 bridgehead atoms. The summed E-state index contributed by atoms with van der Waals surface area (Å²) < 4.78 is 11.2. The van der Waals surface area contributed by atoms with E-state index in [4.69, 9.17) is 15.2 Å².